The maximum atomic E-state index is 11.4. The SMILES string of the molecule is CC1CCN(c2nc(NCC3CCCO3)nc(N)c2[N+](=O)[O-])CC1. The minimum Gasteiger partial charge on any atom is -0.378 e. The van der Waals surface area contributed by atoms with Gasteiger partial charge in [0.2, 0.25) is 17.6 Å². The predicted octanol–water partition coefficient (Wildman–Crippen LogP) is 1.79. The largest absolute Gasteiger partial charge is 0.378 e. The molecule has 0 amide bonds. The van der Waals surface area contributed by atoms with Crippen molar-refractivity contribution in [1.29, 1.82) is 0 Å². The Kier molecular flexibility index (Phi) is 4.98. The van der Waals surface area contributed by atoms with Gasteiger partial charge in [0.25, 0.3) is 0 Å². The highest BCUT2D eigenvalue weighted by Crippen LogP contribution is 2.34. The molecule has 132 valence electrons. The topological polar surface area (TPSA) is 119 Å². The van der Waals surface area contributed by atoms with Crippen molar-refractivity contribution in [1.82, 2.24) is 9.97 Å². The van der Waals surface area contributed by atoms with E-state index in [0.29, 0.717) is 24.2 Å². The zero-order chi connectivity index (χ0) is 17.1. The molecule has 9 nitrogen and oxygen atoms in total. The first kappa shape index (κ1) is 16.7. The number of nitrogens with zero attached hydrogens (tertiary/aromatic N) is 4. The molecule has 1 aromatic heterocycles. The summed E-state index contributed by atoms with van der Waals surface area (Å²) in [6, 6.07) is 0. The summed E-state index contributed by atoms with van der Waals surface area (Å²) in [7, 11) is 0. The first-order valence-electron chi connectivity index (χ1n) is 8.47. The highest BCUT2D eigenvalue weighted by Gasteiger charge is 2.29. The molecule has 1 unspecified atom stereocenters. The van der Waals surface area contributed by atoms with E-state index in [2.05, 4.69) is 22.2 Å². The summed E-state index contributed by atoms with van der Waals surface area (Å²) in [6.45, 7) is 5.02. The summed E-state index contributed by atoms with van der Waals surface area (Å²) in [4.78, 5) is 21.3. The van der Waals surface area contributed by atoms with Gasteiger partial charge in [0.05, 0.1) is 11.0 Å². The quantitative estimate of drug-likeness (QED) is 0.617. The van der Waals surface area contributed by atoms with Crippen molar-refractivity contribution in [2.75, 3.05) is 42.2 Å². The zero-order valence-electron chi connectivity index (χ0n) is 13.9. The Balaban J connectivity index is 1.81. The van der Waals surface area contributed by atoms with Gasteiger partial charge < -0.3 is 20.7 Å². The molecule has 0 aromatic carbocycles. The van der Waals surface area contributed by atoms with Crippen LogP contribution in [0.5, 0.6) is 0 Å². The van der Waals surface area contributed by atoms with Crippen LogP contribution in [-0.2, 0) is 4.74 Å². The summed E-state index contributed by atoms with van der Waals surface area (Å²) < 4.78 is 5.56. The molecule has 2 fully saturated rings. The van der Waals surface area contributed by atoms with E-state index < -0.39 is 4.92 Å². The van der Waals surface area contributed by atoms with Crippen molar-refractivity contribution in [2.24, 2.45) is 5.92 Å². The maximum absolute atomic E-state index is 11.4. The number of nitro groups is 1. The van der Waals surface area contributed by atoms with Gasteiger partial charge in [0.1, 0.15) is 0 Å². The van der Waals surface area contributed by atoms with Crippen LogP contribution in [-0.4, -0.2) is 47.2 Å². The van der Waals surface area contributed by atoms with Gasteiger partial charge in [0.15, 0.2) is 0 Å². The van der Waals surface area contributed by atoms with Crippen molar-refractivity contribution in [3.05, 3.63) is 10.1 Å². The fourth-order valence-corrected chi connectivity index (χ4v) is 3.17. The third-order valence-electron chi connectivity index (χ3n) is 4.67. The number of piperidine rings is 1. The van der Waals surface area contributed by atoms with Gasteiger partial charge in [-0.25, -0.2) is 0 Å². The Hall–Kier alpha value is -2.16. The third-order valence-corrected chi connectivity index (χ3v) is 4.67. The van der Waals surface area contributed by atoms with Crippen LogP contribution in [0.3, 0.4) is 0 Å². The van der Waals surface area contributed by atoms with E-state index in [9.17, 15) is 10.1 Å². The van der Waals surface area contributed by atoms with E-state index in [4.69, 9.17) is 10.5 Å². The maximum Gasteiger partial charge on any atom is 0.353 e. The van der Waals surface area contributed by atoms with Crippen LogP contribution in [0.2, 0.25) is 0 Å². The van der Waals surface area contributed by atoms with Crippen molar-refractivity contribution in [3.8, 4) is 0 Å². The standard InChI is InChI=1S/C15H24N6O3/c1-10-4-6-20(7-5-10)14-12(21(22)23)13(16)18-15(19-14)17-9-11-3-2-8-24-11/h10-11H,2-9H2,1H3,(H3,16,17,18,19). The van der Waals surface area contributed by atoms with Crippen LogP contribution in [0.15, 0.2) is 0 Å². The number of ether oxygens (including phenoxy) is 1. The van der Waals surface area contributed by atoms with Crippen molar-refractivity contribution in [3.63, 3.8) is 0 Å². The molecule has 0 radical (unpaired) electrons. The summed E-state index contributed by atoms with van der Waals surface area (Å²) in [5.41, 5.74) is 5.65. The molecule has 2 aliphatic rings. The Bertz CT molecular complexity index is 597. The molecule has 0 spiro atoms. The van der Waals surface area contributed by atoms with E-state index in [-0.39, 0.29) is 17.6 Å². The van der Waals surface area contributed by atoms with Gasteiger partial charge in [-0.1, -0.05) is 6.92 Å². The summed E-state index contributed by atoms with van der Waals surface area (Å²) in [6.07, 6.45) is 4.14. The number of nitrogens with two attached hydrogens (primary N) is 1. The first-order valence-corrected chi connectivity index (χ1v) is 8.47. The van der Waals surface area contributed by atoms with Gasteiger partial charge >= 0.3 is 5.69 Å². The fourth-order valence-electron chi connectivity index (χ4n) is 3.17. The Labute approximate surface area is 140 Å². The van der Waals surface area contributed by atoms with Crippen LogP contribution < -0.4 is 16.0 Å². The molecule has 2 saturated heterocycles. The minimum absolute atomic E-state index is 0.0986. The number of nitrogens with one attached hydrogen (secondary N) is 1. The van der Waals surface area contributed by atoms with E-state index in [1.54, 1.807) is 0 Å². The molecule has 1 atom stereocenters. The smallest absolute Gasteiger partial charge is 0.353 e. The number of rotatable bonds is 5. The van der Waals surface area contributed by atoms with Gasteiger partial charge in [-0.2, -0.15) is 9.97 Å². The molecule has 0 saturated carbocycles. The van der Waals surface area contributed by atoms with Crippen molar-refractivity contribution >= 4 is 23.3 Å². The van der Waals surface area contributed by atoms with Crippen LogP contribution in [0.1, 0.15) is 32.6 Å². The van der Waals surface area contributed by atoms with E-state index in [1.807, 2.05) is 4.90 Å². The molecule has 1 aromatic rings. The van der Waals surface area contributed by atoms with E-state index in [1.165, 1.54) is 0 Å². The summed E-state index contributed by atoms with van der Waals surface area (Å²) >= 11 is 0. The highest BCUT2D eigenvalue weighted by molar-refractivity contribution is 5.71. The second-order valence-corrected chi connectivity index (χ2v) is 6.55. The lowest BCUT2D eigenvalue weighted by molar-refractivity contribution is -0.383. The average molecular weight is 336 g/mol. The Morgan fingerprint density at radius 2 is 2.12 bits per heavy atom. The lowest BCUT2D eigenvalue weighted by Gasteiger charge is -2.31. The van der Waals surface area contributed by atoms with E-state index >= 15 is 0 Å². The lowest BCUT2D eigenvalue weighted by Crippen LogP contribution is -2.34. The molecule has 24 heavy (non-hydrogen) atoms. The molecule has 9 heteroatoms. The molecule has 0 aliphatic carbocycles. The molecule has 3 N–H and O–H groups in total. The lowest BCUT2D eigenvalue weighted by atomic mass is 9.99. The first-order chi connectivity index (χ1) is 11.5. The Morgan fingerprint density at radius 3 is 2.75 bits per heavy atom. The predicted molar refractivity (Wildman–Crippen MR) is 91.2 cm³/mol. The molecule has 3 rings (SSSR count). The number of aromatic nitrogens is 2. The Morgan fingerprint density at radius 1 is 1.38 bits per heavy atom. The minimum atomic E-state index is -0.493. The molecular weight excluding hydrogens is 312 g/mol. The normalized spacial score (nSPS) is 21.9. The third kappa shape index (κ3) is 3.66. The van der Waals surface area contributed by atoms with Gasteiger partial charge in [-0.05, 0) is 31.6 Å². The van der Waals surface area contributed by atoms with Crippen LogP contribution >= 0.6 is 0 Å². The zero-order valence-corrected chi connectivity index (χ0v) is 13.9. The van der Waals surface area contributed by atoms with Gasteiger partial charge in [-0.15, -0.1) is 0 Å². The monoisotopic (exact) mass is 336 g/mol. The number of nitrogen functional groups attached to an aromatic ring is 1. The molecule has 2 aliphatic heterocycles. The summed E-state index contributed by atoms with van der Waals surface area (Å²) in [5, 5.41) is 14.5. The van der Waals surface area contributed by atoms with Crippen molar-refractivity contribution in [2.45, 2.75) is 38.7 Å². The second kappa shape index (κ2) is 7.16. The summed E-state index contributed by atoms with van der Waals surface area (Å²) in [5.74, 6) is 1.16. The highest BCUT2D eigenvalue weighted by atomic mass is 16.6. The van der Waals surface area contributed by atoms with Crippen LogP contribution in [0.4, 0.5) is 23.3 Å². The molecule has 3 heterocycles. The number of hydrogen-bond acceptors (Lipinski definition) is 8. The van der Waals surface area contributed by atoms with Crippen LogP contribution in [0.25, 0.3) is 0 Å². The molecule has 0 bridgehead atoms. The number of hydrogen-bond donors (Lipinski definition) is 2. The molecular formula is C15H24N6O3. The van der Waals surface area contributed by atoms with Crippen molar-refractivity contribution < 1.29 is 9.66 Å². The van der Waals surface area contributed by atoms with Gasteiger partial charge in [0, 0.05) is 26.2 Å². The number of anilines is 3. The second-order valence-electron chi connectivity index (χ2n) is 6.55. The van der Waals surface area contributed by atoms with Gasteiger partial charge in [-0.3, -0.25) is 10.1 Å². The van der Waals surface area contributed by atoms with E-state index in [0.717, 1.165) is 45.4 Å². The fraction of sp³-hybridized carbons (Fsp3) is 0.733. The average Bonchev–Trinajstić information content (AvgIpc) is 3.06. The van der Waals surface area contributed by atoms with Crippen LogP contribution in [0, 0.1) is 16.0 Å².